The normalized spacial score (nSPS) is 46.7. The van der Waals surface area contributed by atoms with Crippen LogP contribution in [0.2, 0.25) is 0 Å². The highest BCUT2D eigenvalue weighted by atomic mass is 16.3. The third kappa shape index (κ3) is 3.72. The molecule has 0 aromatic heterocycles. The summed E-state index contributed by atoms with van der Waals surface area (Å²) in [7, 11) is 0. The first-order chi connectivity index (χ1) is 14.2. The van der Waals surface area contributed by atoms with E-state index in [1.54, 1.807) is 5.57 Å². The number of aliphatic hydroxyl groups is 1. The molecule has 0 radical (unpaired) electrons. The van der Waals surface area contributed by atoms with Crippen molar-refractivity contribution in [2.24, 2.45) is 58.0 Å². The summed E-state index contributed by atoms with van der Waals surface area (Å²) in [6.45, 7) is 13.3. The Labute approximate surface area is 186 Å². The summed E-state index contributed by atoms with van der Waals surface area (Å²) >= 11 is 0. The average Bonchev–Trinajstić information content (AvgIpc) is 3.05. The van der Waals surface area contributed by atoms with Gasteiger partial charge in [0.15, 0.2) is 0 Å². The molecule has 0 aromatic carbocycles. The second kappa shape index (κ2) is 8.54. The first kappa shape index (κ1) is 22.8. The zero-order valence-electron chi connectivity index (χ0n) is 20.5. The third-order valence-corrected chi connectivity index (χ3v) is 10.7. The van der Waals surface area contributed by atoms with E-state index >= 15 is 0 Å². The molecule has 30 heavy (non-hydrogen) atoms. The van der Waals surface area contributed by atoms with Gasteiger partial charge in [-0.2, -0.15) is 0 Å². The molecular formula is C28H49NO. The van der Waals surface area contributed by atoms with E-state index in [2.05, 4.69) is 40.7 Å². The summed E-state index contributed by atoms with van der Waals surface area (Å²) < 4.78 is 0. The van der Waals surface area contributed by atoms with Gasteiger partial charge in [0, 0.05) is 0 Å². The molecule has 3 fully saturated rings. The van der Waals surface area contributed by atoms with Gasteiger partial charge in [-0.25, -0.2) is 0 Å². The second-order valence-corrected chi connectivity index (χ2v) is 12.7. The van der Waals surface area contributed by atoms with Crippen molar-refractivity contribution in [3.63, 3.8) is 0 Å². The molecule has 0 amide bonds. The monoisotopic (exact) mass is 415 g/mol. The van der Waals surface area contributed by atoms with Gasteiger partial charge in [-0.15, -0.1) is 0 Å². The number of nitrogens with two attached hydrogens (primary N) is 1. The first-order valence-corrected chi connectivity index (χ1v) is 13.3. The molecule has 4 aliphatic rings. The van der Waals surface area contributed by atoms with Crippen molar-refractivity contribution < 1.29 is 5.11 Å². The van der Waals surface area contributed by atoms with Crippen LogP contribution in [0, 0.1) is 52.3 Å². The quantitative estimate of drug-likeness (QED) is 0.482. The van der Waals surface area contributed by atoms with E-state index in [0.29, 0.717) is 16.7 Å². The predicted octanol–water partition coefficient (Wildman–Crippen LogP) is 6.57. The molecule has 3 saturated carbocycles. The van der Waals surface area contributed by atoms with E-state index in [1.807, 2.05) is 0 Å². The minimum absolute atomic E-state index is 0.129. The largest absolute Gasteiger partial charge is 0.393 e. The Morgan fingerprint density at radius 1 is 1.03 bits per heavy atom. The number of aliphatic hydroxyl groups excluding tert-OH is 1. The molecule has 2 nitrogen and oxygen atoms in total. The highest BCUT2D eigenvalue weighted by Gasteiger charge is 2.60. The zero-order chi connectivity index (χ0) is 21.7. The van der Waals surface area contributed by atoms with Crippen LogP contribution in [0.5, 0.6) is 0 Å². The molecular weight excluding hydrogens is 366 g/mol. The van der Waals surface area contributed by atoms with Crippen LogP contribution in [-0.2, 0) is 0 Å². The Kier molecular flexibility index (Phi) is 6.50. The van der Waals surface area contributed by atoms with Gasteiger partial charge >= 0.3 is 0 Å². The highest BCUT2D eigenvalue weighted by molar-refractivity contribution is 5.27. The lowest BCUT2D eigenvalue weighted by molar-refractivity contribution is -0.0744. The SMILES string of the molecule is CC(C)CCC[C@@H](C)[C@H]1CC[C@H]2[C@@H]3[C@H](CN)C=C4C[C@@H](O)CC[C@]4(C)[C@H]3CC[C@]12C. The molecule has 0 heterocycles. The van der Waals surface area contributed by atoms with Crippen LogP contribution in [0.3, 0.4) is 0 Å². The summed E-state index contributed by atoms with van der Waals surface area (Å²) in [5.41, 5.74) is 8.80. The van der Waals surface area contributed by atoms with Gasteiger partial charge < -0.3 is 10.8 Å². The van der Waals surface area contributed by atoms with Gasteiger partial charge in [0.2, 0.25) is 0 Å². The average molecular weight is 416 g/mol. The molecule has 0 aromatic rings. The third-order valence-electron chi connectivity index (χ3n) is 10.7. The molecule has 3 N–H and O–H groups in total. The molecule has 172 valence electrons. The van der Waals surface area contributed by atoms with Crippen LogP contribution in [0.25, 0.3) is 0 Å². The smallest absolute Gasteiger partial charge is 0.0577 e. The van der Waals surface area contributed by atoms with Crippen LogP contribution in [0.1, 0.15) is 98.8 Å². The number of rotatable bonds is 6. The number of fused-ring (bicyclic) bond motifs is 5. The Hall–Kier alpha value is -0.340. The summed E-state index contributed by atoms with van der Waals surface area (Å²) in [4.78, 5) is 0. The molecule has 2 heteroatoms. The van der Waals surface area contributed by atoms with Crippen LogP contribution < -0.4 is 5.73 Å². The van der Waals surface area contributed by atoms with E-state index in [4.69, 9.17) is 5.73 Å². The lowest BCUT2D eigenvalue weighted by Gasteiger charge is -2.60. The van der Waals surface area contributed by atoms with Crippen LogP contribution >= 0.6 is 0 Å². The van der Waals surface area contributed by atoms with Crippen molar-refractivity contribution in [1.29, 1.82) is 0 Å². The minimum Gasteiger partial charge on any atom is -0.393 e. The van der Waals surface area contributed by atoms with Crippen LogP contribution in [0.4, 0.5) is 0 Å². The fourth-order valence-corrected chi connectivity index (χ4v) is 9.05. The minimum atomic E-state index is -0.129. The predicted molar refractivity (Wildman–Crippen MR) is 127 cm³/mol. The molecule has 4 rings (SSSR count). The van der Waals surface area contributed by atoms with Crippen molar-refractivity contribution in [3.05, 3.63) is 11.6 Å². The Morgan fingerprint density at radius 2 is 1.80 bits per heavy atom. The van der Waals surface area contributed by atoms with Gasteiger partial charge in [-0.3, -0.25) is 0 Å². The topological polar surface area (TPSA) is 46.2 Å². The summed E-state index contributed by atoms with van der Waals surface area (Å²) in [6.07, 6.45) is 15.4. The molecule has 4 aliphatic carbocycles. The van der Waals surface area contributed by atoms with Gasteiger partial charge in [-0.1, -0.05) is 65.5 Å². The maximum Gasteiger partial charge on any atom is 0.0577 e. The number of hydrogen-bond donors (Lipinski definition) is 2. The van der Waals surface area contributed by atoms with E-state index < -0.39 is 0 Å². The van der Waals surface area contributed by atoms with Crippen molar-refractivity contribution >= 4 is 0 Å². The second-order valence-electron chi connectivity index (χ2n) is 12.7. The first-order valence-electron chi connectivity index (χ1n) is 13.3. The van der Waals surface area contributed by atoms with Gasteiger partial charge in [0.1, 0.15) is 0 Å². The lowest BCUT2D eigenvalue weighted by Crippen LogP contribution is -2.54. The Balaban J connectivity index is 1.56. The fraction of sp³-hybridized carbons (Fsp3) is 0.929. The standard InChI is InChI=1S/C28H49NO/c1-18(2)7-6-8-19(3)23-9-10-24-26-20(17-29)15-21-16-22(30)11-13-27(21,4)25(26)12-14-28(23,24)5/h15,18-20,22-26,30H,6-14,16-17,29H2,1-5H3/t19-,20+,22+,23-,24+,25+,26+,27+,28-/m1/s1. The maximum absolute atomic E-state index is 10.3. The summed E-state index contributed by atoms with van der Waals surface area (Å²) in [5.74, 6) is 5.54. The summed E-state index contributed by atoms with van der Waals surface area (Å²) in [6, 6.07) is 0. The molecule has 0 aliphatic heterocycles. The Morgan fingerprint density at radius 3 is 2.50 bits per heavy atom. The van der Waals surface area contributed by atoms with Crippen molar-refractivity contribution in [2.45, 2.75) is 105 Å². The van der Waals surface area contributed by atoms with Crippen LogP contribution in [-0.4, -0.2) is 17.8 Å². The zero-order valence-corrected chi connectivity index (χ0v) is 20.5. The fourth-order valence-electron chi connectivity index (χ4n) is 9.05. The van der Waals surface area contributed by atoms with Crippen molar-refractivity contribution in [2.75, 3.05) is 6.54 Å². The van der Waals surface area contributed by atoms with E-state index in [0.717, 1.165) is 54.9 Å². The van der Waals surface area contributed by atoms with Gasteiger partial charge in [0.25, 0.3) is 0 Å². The van der Waals surface area contributed by atoms with Gasteiger partial charge in [-0.05, 0) is 104 Å². The molecule has 0 unspecified atom stereocenters. The van der Waals surface area contributed by atoms with E-state index in [9.17, 15) is 5.11 Å². The highest BCUT2D eigenvalue weighted by Crippen LogP contribution is 2.68. The molecule has 0 bridgehead atoms. The maximum atomic E-state index is 10.3. The van der Waals surface area contributed by atoms with Crippen LogP contribution in [0.15, 0.2) is 11.6 Å². The number of hydrogen-bond acceptors (Lipinski definition) is 2. The van der Waals surface area contributed by atoms with Gasteiger partial charge in [0.05, 0.1) is 6.10 Å². The van der Waals surface area contributed by atoms with Crippen molar-refractivity contribution in [3.8, 4) is 0 Å². The summed E-state index contributed by atoms with van der Waals surface area (Å²) in [5, 5.41) is 10.3. The lowest BCUT2D eigenvalue weighted by atomic mass is 9.45. The molecule has 0 saturated heterocycles. The Bertz CT molecular complexity index is 641. The van der Waals surface area contributed by atoms with Crippen molar-refractivity contribution in [1.82, 2.24) is 0 Å². The molecule has 0 spiro atoms. The van der Waals surface area contributed by atoms with E-state index in [-0.39, 0.29) is 6.10 Å². The van der Waals surface area contributed by atoms with E-state index in [1.165, 1.54) is 51.4 Å². The molecule has 9 atom stereocenters.